The fourth-order valence-corrected chi connectivity index (χ4v) is 5.89. The fraction of sp³-hybridized carbons (Fsp3) is 0.281. The normalized spacial score (nSPS) is 14.5. The highest BCUT2D eigenvalue weighted by atomic mass is 35.5. The standard InChI is InChI=1S/C32H32Cl2N6O4/c1-4-24-18(15-35-16-19-12-14-27(41)36-19)11-13-25(37-24)22-9-5-7-20(28(22)33)21-8-6-10-26(29(21)34)38-30(42)23-17-39(2)32(44)40(3)31(23)43/h5-11,13,17,19,35H,4,12,14-16H2,1-3H3,(H,36,41)(H,38,42)/t19-/m0/s1. The zero-order valence-electron chi connectivity index (χ0n) is 24.5. The third kappa shape index (κ3) is 6.33. The van der Waals surface area contributed by atoms with Crippen molar-refractivity contribution < 1.29 is 9.59 Å². The van der Waals surface area contributed by atoms with Gasteiger partial charge in [-0.05, 0) is 30.5 Å². The topological polar surface area (TPSA) is 127 Å². The van der Waals surface area contributed by atoms with Gasteiger partial charge in [-0.2, -0.15) is 0 Å². The molecule has 0 radical (unpaired) electrons. The molecule has 1 atom stereocenters. The number of aryl methyl sites for hydroxylation is 2. The number of rotatable bonds is 9. The van der Waals surface area contributed by atoms with Crippen LogP contribution in [-0.4, -0.2) is 38.5 Å². The number of anilines is 1. The van der Waals surface area contributed by atoms with E-state index in [1.807, 2.05) is 30.3 Å². The molecule has 0 unspecified atom stereocenters. The summed E-state index contributed by atoms with van der Waals surface area (Å²) in [4.78, 5) is 54.0. The molecule has 3 heterocycles. The number of nitrogens with zero attached hydrogens (tertiary/aromatic N) is 3. The van der Waals surface area contributed by atoms with E-state index in [2.05, 4.69) is 22.9 Å². The van der Waals surface area contributed by atoms with Gasteiger partial charge in [0.2, 0.25) is 5.91 Å². The number of nitrogens with one attached hydrogen (secondary N) is 3. The van der Waals surface area contributed by atoms with E-state index >= 15 is 0 Å². The van der Waals surface area contributed by atoms with E-state index in [-0.39, 0.29) is 28.2 Å². The molecule has 4 aromatic rings. The molecule has 12 heteroatoms. The maximum atomic E-state index is 13.0. The minimum atomic E-state index is -0.711. The Kier molecular flexibility index (Phi) is 9.33. The quantitative estimate of drug-likeness (QED) is 0.252. The lowest BCUT2D eigenvalue weighted by atomic mass is 9.99. The summed E-state index contributed by atoms with van der Waals surface area (Å²) in [5.74, 6) is -0.596. The van der Waals surface area contributed by atoms with Gasteiger partial charge in [0.25, 0.3) is 11.5 Å². The van der Waals surface area contributed by atoms with Gasteiger partial charge in [0.1, 0.15) is 5.56 Å². The molecule has 0 saturated carbocycles. The number of aromatic nitrogens is 3. The Morgan fingerprint density at radius 3 is 2.41 bits per heavy atom. The van der Waals surface area contributed by atoms with Gasteiger partial charge in [-0.3, -0.25) is 23.9 Å². The molecule has 0 aliphatic carbocycles. The van der Waals surface area contributed by atoms with Gasteiger partial charge >= 0.3 is 5.69 Å². The number of amides is 2. The molecule has 3 N–H and O–H groups in total. The highest BCUT2D eigenvalue weighted by Gasteiger charge is 2.21. The first-order valence-electron chi connectivity index (χ1n) is 14.2. The Morgan fingerprint density at radius 2 is 1.70 bits per heavy atom. The summed E-state index contributed by atoms with van der Waals surface area (Å²) in [5.41, 5.74) is 3.53. The van der Waals surface area contributed by atoms with Crippen LogP contribution in [0.3, 0.4) is 0 Å². The third-order valence-corrected chi connectivity index (χ3v) is 8.51. The number of pyridine rings is 1. The van der Waals surface area contributed by atoms with Gasteiger partial charge in [-0.25, -0.2) is 4.79 Å². The summed E-state index contributed by atoms with van der Waals surface area (Å²) in [6.07, 6.45) is 3.35. The van der Waals surface area contributed by atoms with Crippen molar-refractivity contribution in [1.29, 1.82) is 0 Å². The van der Waals surface area contributed by atoms with Crippen molar-refractivity contribution in [2.45, 2.75) is 38.8 Å². The van der Waals surface area contributed by atoms with Crippen LogP contribution in [0.1, 0.15) is 41.4 Å². The van der Waals surface area contributed by atoms with Crippen LogP contribution in [0.15, 0.2) is 64.3 Å². The average molecular weight is 636 g/mol. The van der Waals surface area contributed by atoms with E-state index in [1.165, 1.54) is 20.3 Å². The van der Waals surface area contributed by atoms with Crippen molar-refractivity contribution in [1.82, 2.24) is 24.8 Å². The van der Waals surface area contributed by atoms with Gasteiger partial charge in [0.05, 0.1) is 21.4 Å². The lowest BCUT2D eigenvalue weighted by Gasteiger charge is -2.16. The summed E-state index contributed by atoms with van der Waals surface area (Å²) in [6, 6.07) is 14.9. The second-order valence-corrected chi connectivity index (χ2v) is 11.4. The zero-order valence-corrected chi connectivity index (χ0v) is 26.1. The Bertz CT molecular complexity index is 1880. The highest BCUT2D eigenvalue weighted by molar-refractivity contribution is 6.39. The molecule has 1 aliphatic rings. The molecule has 44 heavy (non-hydrogen) atoms. The molecule has 5 rings (SSSR count). The Balaban J connectivity index is 1.40. The van der Waals surface area contributed by atoms with E-state index in [1.54, 1.807) is 18.2 Å². The SMILES string of the molecule is CCc1nc(-c2cccc(-c3cccc(NC(=O)c4cn(C)c(=O)n(C)c4=O)c3Cl)c2Cl)ccc1CNC[C@@H]1CCC(=O)N1. The maximum Gasteiger partial charge on any atom is 0.330 e. The van der Waals surface area contributed by atoms with Gasteiger partial charge in [0.15, 0.2) is 0 Å². The van der Waals surface area contributed by atoms with Crippen LogP contribution in [0.5, 0.6) is 0 Å². The van der Waals surface area contributed by atoms with Crippen molar-refractivity contribution >= 4 is 40.7 Å². The van der Waals surface area contributed by atoms with Crippen LogP contribution in [0.4, 0.5) is 5.69 Å². The van der Waals surface area contributed by atoms with E-state index in [9.17, 15) is 19.2 Å². The Hall–Kier alpha value is -4.25. The van der Waals surface area contributed by atoms with Gasteiger partial charge in [-0.1, -0.05) is 66.5 Å². The van der Waals surface area contributed by atoms with Gasteiger partial charge < -0.3 is 20.5 Å². The van der Waals surface area contributed by atoms with Crippen LogP contribution in [0, 0.1) is 0 Å². The molecule has 2 amide bonds. The monoisotopic (exact) mass is 634 g/mol. The first-order valence-corrected chi connectivity index (χ1v) is 15.0. The predicted octanol–water partition coefficient (Wildman–Crippen LogP) is 4.30. The summed E-state index contributed by atoms with van der Waals surface area (Å²) in [6.45, 7) is 3.39. The largest absolute Gasteiger partial charge is 0.352 e. The second-order valence-electron chi connectivity index (χ2n) is 10.7. The predicted molar refractivity (Wildman–Crippen MR) is 172 cm³/mol. The van der Waals surface area contributed by atoms with Crippen molar-refractivity contribution in [2.24, 2.45) is 14.1 Å². The maximum absolute atomic E-state index is 13.0. The minimum absolute atomic E-state index is 0.0994. The van der Waals surface area contributed by atoms with Gasteiger partial charge in [0, 0.05) is 68.2 Å². The van der Waals surface area contributed by atoms with Crippen LogP contribution >= 0.6 is 23.2 Å². The molecule has 0 bridgehead atoms. The number of hydrogen-bond donors (Lipinski definition) is 3. The molecule has 1 aliphatic heterocycles. The zero-order chi connectivity index (χ0) is 31.5. The Morgan fingerprint density at radius 1 is 1.00 bits per heavy atom. The van der Waals surface area contributed by atoms with Crippen LogP contribution in [-0.2, 0) is 31.9 Å². The van der Waals surface area contributed by atoms with Crippen molar-refractivity contribution in [3.63, 3.8) is 0 Å². The average Bonchev–Trinajstić information content (AvgIpc) is 3.44. The summed E-state index contributed by atoms with van der Waals surface area (Å²) >= 11 is 13.8. The minimum Gasteiger partial charge on any atom is -0.352 e. The van der Waals surface area contributed by atoms with Crippen LogP contribution < -0.4 is 27.2 Å². The molecule has 10 nitrogen and oxygen atoms in total. The lowest BCUT2D eigenvalue weighted by molar-refractivity contribution is -0.119. The molecule has 0 spiro atoms. The number of halogens is 2. The van der Waals surface area contributed by atoms with Crippen LogP contribution in [0.25, 0.3) is 22.4 Å². The molecule has 2 aromatic carbocycles. The molecule has 1 fully saturated rings. The third-order valence-electron chi connectivity index (χ3n) is 7.70. The Labute approximate surface area is 264 Å². The smallest absolute Gasteiger partial charge is 0.330 e. The van der Waals surface area contributed by atoms with E-state index in [0.29, 0.717) is 41.4 Å². The molecule has 2 aromatic heterocycles. The molecule has 228 valence electrons. The summed E-state index contributed by atoms with van der Waals surface area (Å²) in [7, 11) is 2.77. The first-order chi connectivity index (χ1) is 21.1. The highest BCUT2D eigenvalue weighted by Crippen LogP contribution is 2.41. The van der Waals surface area contributed by atoms with Crippen LogP contribution in [0.2, 0.25) is 10.0 Å². The lowest BCUT2D eigenvalue weighted by Crippen LogP contribution is -2.40. The van der Waals surface area contributed by atoms with Crippen molar-refractivity contribution in [3.8, 4) is 22.4 Å². The second kappa shape index (κ2) is 13.2. The molecule has 1 saturated heterocycles. The number of carbonyl (C=O) groups is 2. The van der Waals surface area contributed by atoms with Crippen molar-refractivity contribution in [2.75, 3.05) is 11.9 Å². The summed E-state index contributed by atoms with van der Waals surface area (Å²) in [5, 5.41) is 9.78. The van der Waals surface area contributed by atoms with E-state index in [4.69, 9.17) is 28.2 Å². The van der Waals surface area contributed by atoms with Crippen molar-refractivity contribution in [3.05, 3.63) is 102 Å². The number of hydrogen-bond acceptors (Lipinski definition) is 6. The molecular weight excluding hydrogens is 603 g/mol. The first kappa shape index (κ1) is 31.2. The van der Waals surface area contributed by atoms with E-state index in [0.717, 1.165) is 38.8 Å². The molecular formula is C32H32Cl2N6O4. The number of benzene rings is 2. The van der Waals surface area contributed by atoms with E-state index < -0.39 is 17.2 Å². The fourth-order valence-electron chi connectivity index (χ4n) is 5.29. The van der Waals surface area contributed by atoms with Gasteiger partial charge in [-0.15, -0.1) is 0 Å². The number of carbonyl (C=O) groups excluding carboxylic acids is 2. The summed E-state index contributed by atoms with van der Waals surface area (Å²) < 4.78 is 2.04.